The van der Waals surface area contributed by atoms with Crippen molar-refractivity contribution in [3.8, 4) is 17.1 Å². The number of nitrogens with one attached hydrogen (secondary N) is 1. The predicted octanol–water partition coefficient (Wildman–Crippen LogP) is 4.46. The molecule has 1 N–H and O–H groups in total. The molecule has 0 spiro atoms. The van der Waals surface area contributed by atoms with Gasteiger partial charge in [0.2, 0.25) is 5.91 Å². The molecule has 4 rings (SSSR count). The van der Waals surface area contributed by atoms with E-state index in [-0.39, 0.29) is 17.1 Å². The molecule has 1 amide bonds. The number of thioether (sulfide) groups is 1. The molecule has 0 aliphatic heterocycles. The van der Waals surface area contributed by atoms with Crippen LogP contribution in [0.15, 0.2) is 79.0 Å². The summed E-state index contributed by atoms with van der Waals surface area (Å²) in [6, 6.07) is 12.5. The summed E-state index contributed by atoms with van der Waals surface area (Å²) in [6.45, 7) is 4.18. The maximum Gasteiger partial charge on any atom is 0.416 e. The fraction of sp³-hybridized carbons (Fsp3) is 0.136. The number of hydrogen-bond acceptors (Lipinski definition) is 6. The SMILES string of the molecule is C=CCn1c(SCC(=O)Nc2cc(C(F)(F)F)ccc2-n2cncn2)nnc1-c1ccccc1. The molecule has 0 atom stereocenters. The van der Waals surface area contributed by atoms with Crippen LogP contribution in [0.4, 0.5) is 18.9 Å². The quantitative estimate of drug-likeness (QED) is 0.293. The largest absolute Gasteiger partial charge is 0.416 e. The molecular formula is C22H18F3N7OS. The van der Waals surface area contributed by atoms with Crippen molar-refractivity contribution in [1.29, 1.82) is 0 Å². The van der Waals surface area contributed by atoms with Gasteiger partial charge in [-0.3, -0.25) is 9.36 Å². The number of allylic oxidation sites excluding steroid dienone is 1. The molecule has 0 aliphatic carbocycles. The van der Waals surface area contributed by atoms with E-state index >= 15 is 0 Å². The lowest BCUT2D eigenvalue weighted by atomic mass is 10.1. The average molecular weight is 485 g/mol. The molecule has 4 aromatic rings. The summed E-state index contributed by atoms with van der Waals surface area (Å²) < 4.78 is 42.8. The van der Waals surface area contributed by atoms with Crippen molar-refractivity contribution in [2.45, 2.75) is 17.9 Å². The van der Waals surface area contributed by atoms with Crippen LogP contribution in [0.25, 0.3) is 17.1 Å². The molecule has 0 unspecified atom stereocenters. The molecule has 34 heavy (non-hydrogen) atoms. The standard InChI is InChI=1S/C22H18F3N7OS/c1-2-10-31-20(15-6-4-3-5-7-15)29-30-21(31)34-12-19(33)28-17-11-16(22(23,24)25)8-9-18(17)32-14-26-13-27-32/h2-9,11,13-14H,1,10,12H2,(H,28,33). The Balaban J connectivity index is 1.54. The van der Waals surface area contributed by atoms with Gasteiger partial charge in [0.15, 0.2) is 11.0 Å². The number of halogens is 3. The van der Waals surface area contributed by atoms with Crippen LogP contribution >= 0.6 is 11.8 Å². The van der Waals surface area contributed by atoms with E-state index in [1.807, 2.05) is 34.9 Å². The van der Waals surface area contributed by atoms with Crippen LogP contribution in [-0.4, -0.2) is 41.2 Å². The fourth-order valence-electron chi connectivity index (χ4n) is 3.15. The third-order valence-electron chi connectivity index (χ3n) is 4.66. The Hall–Kier alpha value is -3.93. The van der Waals surface area contributed by atoms with Gasteiger partial charge in [-0.05, 0) is 18.2 Å². The lowest BCUT2D eigenvalue weighted by molar-refractivity contribution is -0.137. The number of rotatable bonds is 8. The highest BCUT2D eigenvalue weighted by atomic mass is 32.2. The minimum atomic E-state index is -4.57. The Morgan fingerprint density at radius 2 is 1.94 bits per heavy atom. The van der Waals surface area contributed by atoms with Gasteiger partial charge >= 0.3 is 6.18 Å². The summed E-state index contributed by atoms with van der Waals surface area (Å²) in [7, 11) is 0. The van der Waals surface area contributed by atoms with E-state index in [9.17, 15) is 18.0 Å². The van der Waals surface area contributed by atoms with E-state index in [4.69, 9.17) is 0 Å². The van der Waals surface area contributed by atoms with Crippen molar-refractivity contribution < 1.29 is 18.0 Å². The van der Waals surface area contributed by atoms with Crippen LogP contribution in [0.5, 0.6) is 0 Å². The highest BCUT2D eigenvalue weighted by molar-refractivity contribution is 7.99. The van der Waals surface area contributed by atoms with E-state index in [2.05, 4.69) is 32.2 Å². The van der Waals surface area contributed by atoms with Gasteiger partial charge in [-0.15, -0.1) is 16.8 Å². The molecule has 2 aromatic carbocycles. The molecular weight excluding hydrogens is 467 g/mol. The smallest absolute Gasteiger partial charge is 0.323 e. The molecule has 174 valence electrons. The topological polar surface area (TPSA) is 90.5 Å². The summed E-state index contributed by atoms with van der Waals surface area (Å²) in [5.41, 5.74) is 0.181. The second-order valence-corrected chi connectivity index (χ2v) is 7.92. The van der Waals surface area contributed by atoms with Crippen molar-refractivity contribution in [3.63, 3.8) is 0 Å². The number of aromatic nitrogens is 6. The van der Waals surface area contributed by atoms with E-state index in [0.717, 1.165) is 29.5 Å². The van der Waals surface area contributed by atoms with Gasteiger partial charge in [-0.1, -0.05) is 48.2 Å². The maximum absolute atomic E-state index is 13.2. The monoisotopic (exact) mass is 485 g/mol. The Kier molecular flexibility index (Phi) is 6.77. The molecule has 8 nitrogen and oxygen atoms in total. The van der Waals surface area contributed by atoms with Gasteiger partial charge in [0.1, 0.15) is 12.7 Å². The minimum absolute atomic E-state index is 0.0385. The average Bonchev–Trinajstić information content (AvgIpc) is 3.48. The van der Waals surface area contributed by atoms with Gasteiger partial charge in [-0.25, -0.2) is 9.67 Å². The van der Waals surface area contributed by atoms with Crippen LogP contribution in [-0.2, 0) is 17.5 Å². The van der Waals surface area contributed by atoms with Crippen molar-refractivity contribution in [2.24, 2.45) is 0 Å². The molecule has 0 saturated carbocycles. The molecule has 0 aliphatic rings. The number of amides is 1. The van der Waals surface area contributed by atoms with Crippen LogP contribution in [0.1, 0.15) is 5.56 Å². The number of carbonyl (C=O) groups is 1. The van der Waals surface area contributed by atoms with E-state index in [1.165, 1.54) is 23.4 Å². The molecule has 12 heteroatoms. The van der Waals surface area contributed by atoms with Crippen molar-refractivity contribution in [3.05, 3.63) is 79.4 Å². The molecule has 0 bridgehead atoms. The number of hydrogen-bond donors (Lipinski definition) is 1. The van der Waals surface area contributed by atoms with Crippen molar-refractivity contribution in [1.82, 2.24) is 29.5 Å². The highest BCUT2D eigenvalue weighted by Crippen LogP contribution is 2.33. The zero-order chi connectivity index (χ0) is 24.1. The second-order valence-electron chi connectivity index (χ2n) is 6.98. The first-order valence-corrected chi connectivity index (χ1v) is 10.9. The number of benzene rings is 2. The summed E-state index contributed by atoms with van der Waals surface area (Å²) in [5.74, 6) is 0.00626. The molecule has 0 radical (unpaired) electrons. The number of carbonyl (C=O) groups excluding carboxylic acids is 1. The predicted molar refractivity (Wildman–Crippen MR) is 121 cm³/mol. The van der Waals surface area contributed by atoms with Crippen molar-refractivity contribution >= 4 is 23.4 Å². The lowest BCUT2D eigenvalue weighted by Crippen LogP contribution is -2.17. The number of nitrogens with zero attached hydrogens (tertiary/aromatic N) is 6. The van der Waals surface area contributed by atoms with E-state index < -0.39 is 17.6 Å². The summed E-state index contributed by atoms with van der Waals surface area (Å²) in [5, 5.41) is 15.4. The number of anilines is 1. The van der Waals surface area contributed by atoms with E-state index in [0.29, 0.717) is 17.5 Å². The first-order chi connectivity index (χ1) is 16.4. The minimum Gasteiger partial charge on any atom is -0.323 e. The summed E-state index contributed by atoms with van der Waals surface area (Å²) >= 11 is 1.12. The third-order valence-corrected chi connectivity index (χ3v) is 5.62. The highest BCUT2D eigenvalue weighted by Gasteiger charge is 2.31. The van der Waals surface area contributed by atoms with Crippen molar-refractivity contribution in [2.75, 3.05) is 11.1 Å². The lowest BCUT2D eigenvalue weighted by Gasteiger charge is -2.14. The molecule has 0 saturated heterocycles. The third kappa shape index (κ3) is 5.17. The molecule has 0 fully saturated rings. The van der Waals surface area contributed by atoms with Gasteiger partial charge in [0.05, 0.1) is 22.7 Å². The zero-order valence-electron chi connectivity index (χ0n) is 17.6. The molecule has 2 aromatic heterocycles. The van der Waals surface area contributed by atoms with Gasteiger partial charge < -0.3 is 5.32 Å². The van der Waals surface area contributed by atoms with Gasteiger partial charge in [0, 0.05) is 12.1 Å². The molecule has 2 heterocycles. The van der Waals surface area contributed by atoms with Gasteiger partial charge in [0.25, 0.3) is 0 Å². The summed E-state index contributed by atoms with van der Waals surface area (Å²) in [4.78, 5) is 16.5. The first kappa shape index (κ1) is 23.2. The Labute approximate surface area is 196 Å². The van der Waals surface area contributed by atoms with Crippen LogP contribution < -0.4 is 5.32 Å². The van der Waals surface area contributed by atoms with E-state index in [1.54, 1.807) is 6.08 Å². The Morgan fingerprint density at radius 3 is 2.62 bits per heavy atom. The number of alkyl halides is 3. The van der Waals surface area contributed by atoms with Gasteiger partial charge in [-0.2, -0.15) is 18.3 Å². The Bertz CT molecular complexity index is 1290. The van der Waals surface area contributed by atoms with Crippen LogP contribution in [0, 0.1) is 0 Å². The van der Waals surface area contributed by atoms with Crippen LogP contribution in [0.3, 0.4) is 0 Å². The fourth-order valence-corrected chi connectivity index (χ4v) is 3.90. The zero-order valence-corrected chi connectivity index (χ0v) is 18.4. The second kappa shape index (κ2) is 9.91. The summed E-state index contributed by atoms with van der Waals surface area (Å²) in [6.07, 6.45) is -0.303. The maximum atomic E-state index is 13.2. The normalized spacial score (nSPS) is 11.4. The first-order valence-electron chi connectivity index (χ1n) is 9.95. The van der Waals surface area contributed by atoms with Crippen LogP contribution in [0.2, 0.25) is 0 Å². The Morgan fingerprint density at radius 1 is 1.15 bits per heavy atom.